The van der Waals surface area contributed by atoms with E-state index >= 15 is 0 Å². The van der Waals surface area contributed by atoms with Gasteiger partial charge in [0.1, 0.15) is 42.5 Å². The number of nitrogens with two attached hydrogens (primary N) is 1. The van der Waals surface area contributed by atoms with Gasteiger partial charge in [0.05, 0.1) is 12.4 Å². The van der Waals surface area contributed by atoms with Crippen LogP contribution in [0, 0.1) is 23.2 Å². The van der Waals surface area contributed by atoms with Crippen molar-refractivity contribution < 1.29 is 32.6 Å². The van der Waals surface area contributed by atoms with E-state index in [0.29, 0.717) is 41.3 Å². The summed E-state index contributed by atoms with van der Waals surface area (Å²) in [5.41, 5.74) is 10.5. The van der Waals surface area contributed by atoms with Crippen LogP contribution in [0.5, 0.6) is 5.75 Å². The molecule has 12 nitrogen and oxygen atoms in total. The molecule has 0 unspecified atom stereocenters. The van der Waals surface area contributed by atoms with Crippen LogP contribution in [0.4, 0.5) is 5.82 Å². The highest BCUT2D eigenvalue weighted by Crippen LogP contribution is 2.64. The maximum atomic E-state index is 12.9. The molecular formula is C55H89N5O7Si2. The molecule has 2 N–H and O–H groups in total. The second kappa shape index (κ2) is 20.2. The lowest BCUT2D eigenvalue weighted by molar-refractivity contribution is -0.202. The van der Waals surface area contributed by atoms with Crippen molar-refractivity contribution in [2.45, 2.75) is 244 Å². The van der Waals surface area contributed by atoms with E-state index in [0.717, 1.165) is 36.8 Å². The van der Waals surface area contributed by atoms with Crippen molar-refractivity contribution in [3.05, 3.63) is 42.0 Å². The fraction of sp³-hybridized carbons (Fsp3) is 0.782. The molecule has 0 bridgehead atoms. The van der Waals surface area contributed by atoms with Gasteiger partial charge in [-0.2, -0.15) is 0 Å². The number of carbonyl (C=O) groups excluding carboxylic acids is 1. The van der Waals surface area contributed by atoms with Crippen LogP contribution in [-0.4, -0.2) is 78.9 Å². The molecule has 2 aromatic heterocycles. The van der Waals surface area contributed by atoms with Crippen LogP contribution in [-0.2, 0) is 34.6 Å². The summed E-state index contributed by atoms with van der Waals surface area (Å²) >= 11 is 0. The van der Waals surface area contributed by atoms with Crippen LogP contribution in [0.1, 0.15) is 182 Å². The predicted molar refractivity (Wildman–Crippen MR) is 279 cm³/mol. The summed E-state index contributed by atoms with van der Waals surface area (Å²) in [5, 5.41) is 0.386. The maximum Gasteiger partial charge on any atom is 0.305 e. The second-order valence-corrected chi connectivity index (χ2v) is 35.1. The highest BCUT2D eigenvalue weighted by atomic mass is 28.4. The number of rotatable bonds is 19. The van der Waals surface area contributed by atoms with Gasteiger partial charge in [-0.25, -0.2) is 15.0 Å². The average Bonchev–Trinajstić information content (AvgIpc) is 4.00. The first-order valence-corrected chi connectivity index (χ1v) is 32.8. The summed E-state index contributed by atoms with van der Waals surface area (Å²) in [5.74, 6) is 3.16. The molecule has 2 aliphatic heterocycles. The van der Waals surface area contributed by atoms with Crippen LogP contribution in [0.15, 0.2) is 30.9 Å². The van der Waals surface area contributed by atoms with Gasteiger partial charge in [0.2, 0.25) is 8.32 Å². The second-order valence-electron chi connectivity index (χ2n) is 25.6. The van der Waals surface area contributed by atoms with Crippen LogP contribution in [0.3, 0.4) is 0 Å². The minimum Gasteiger partial charge on any atom is -0.543 e. The highest BCUT2D eigenvalue weighted by Gasteiger charge is 2.60. The van der Waals surface area contributed by atoms with Gasteiger partial charge in [0.15, 0.2) is 31.8 Å². The molecule has 3 aromatic rings. The molecule has 0 radical (unpaired) electrons. The Kier molecular flexibility index (Phi) is 15.4. The molecule has 4 fully saturated rings. The van der Waals surface area contributed by atoms with E-state index in [1.807, 2.05) is 13.8 Å². The highest BCUT2D eigenvalue weighted by molar-refractivity contribution is 6.75. The Bertz CT molecular complexity index is 2250. The molecule has 3 aliphatic carbocycles. The number of ether oxygens (including phenoxy) is 4. The van der Waals surface area contributed by atoms with Crippen LogP contribution < -0.4 is 10.2 Å². The number of hydrogen-bond acceptors (Lipinski definition) is 11. The van der Waals surface area contributed by atoms with Crippen molar-refractivity contribution in [1.82, 2.24) is 19.5 Å². The normalized spacial score (nSPS) is 30.0. The van der Waals surface area contributed by atoms with E-state index in [4.69, 9.17) is 33.5 Å². The number of unbranched alkanes of at least 4 members (excludes halogenated alkanes) is 8. The van der Waals surface area contributed by atoms with Gasteiger partial charge >= 0.3 is 5.97 Å². The topological polar surface area (TPSA) is 142 Å². The first kappa shape index (κ1) is 52.4. The number of nitrogen functional groups attached to an aromatic ring is 1. The molecule has 8 rings (SSSR count). The molecule has 5 aliphatic rings. The first-order chi connectivity index (χ1) is 32.4. The van der Waals surface area contributed by atoms with Crippen molar-refractivity contribution in [2.75, 3.05) is 12.3 Å². The minimum atomic E-state index is -1.96. The number of aromatic nitrogens is 4. The SMILES string of the molecule is CC1(C)O[C@@H]2[C@H](O1)[C@@H](COC(=O)CCCCCCCCCCC[C@H]1C[C@H]3[C@@H]4CCc5cc(O[Si](C)(C)C(C)(C)C)ccc5[C@H]4CC[C@]3(C)[C@H]1O[Si](C)(C)C(C)(C)C)O[C@H]2n1cnc2c(N)ncnc21. The number of nitrogens with zero attached hydrogens (tertiary/aromatic N) is 4. The Morgan fingerprint density at radius 3 is 2.22 bits per heavy atom. The van der Waals surface area contributed by atoms with Gasteiger partial charge < -0.3 is 33.5 Å². The van der Waals surface area contributed by atoms with E-state index in [-0.39, 0.29) is 28.1 Å². The van der Waals surface area contributed by atoms with Crippen molar-refractivity contribution >= 4 is 39.6 Å². The van der Waals surface area contributed by atoms with Crippen molar-refractivity contribution in [2.24, 2.45) is 23.2 Å². The summed E-state index contributed by atoms with van der Waals surface area (Å²) in [6.07, 6.45) is 20.2. The number of imidazole rings is 1. The van der Waals surface area contributed by atoms with Gasteiger partial charge in [0, 0.05) is 6.42 Å². The van der Waals surface area contributed by atoms with Crippen LogP contribution >= 0.6 is 0 Å². The summed E-state index contributed by atoms with van der Waals surface area (Å²) in [4.78, 5) is 25.7. The van der Waals surface area contributed by atoms with Crippen molar-refractivity contribution in [1.29, 1.82) is 0 Å². The number of anilines is 1. The lowest BCUT2D eigenvalue weighted by atomic mass is 9.55. The Labute approximate surface area is 416 Å². The molecule has 10 atom stereocenters. The van der Waals surface area contributed by atoms with Gasteiger partial charge in [-0.15, -0.1) is 0 Å². The number of hydrogen-bond donors (Lipinski definition) is 1. The molecule has 69 heavy (non-hydrogen) atoms. The molecule has 384 valence electrons. The Morgan fingerprint density at radius 2 is 1.52 bits per heavy atom. The number of aryl methyl sites for hydroxylation is 1. The quantitative estimate of drug-likeness (QED) is 0.0697. The van der Waals surface area contributed by atoms with Gasteiger partial charge in [-0.1, -0.05) is 106 Å². The van der Waals surface area contributed by atoms with E-state index in [9.17, 15) is 4.79 Å². The molecule has 0 amide bonds. The van der Waals surface area contributed by atoms with E-state index in [1.54, 1.807) is 22.0 Å². The third-order valence-electron chi connectivity index (χ3n) is 18.3. The fourth-order valence-electron chi connectivity index (χ4n) is 12.4. The lowest BCUT2D eigenvalue weighted by Crippen LogP contribution is -2.51. The standard InChI is InChI=1S/C55H89N5O7Si2/c1-52(2,3)68(10,11)66-38-26-28-39-36(31-38)25-27-41-40(39)29-30-55(9)42(41)32-37(48(55)67-69(12,13)53(4,5)6)23-21-19-17-15-14-16-18-20-22-24-44(61)62-33-43-46-47(65-54(7,8)64-46)51(63-43)60-35-59-45-49(56)57-34-58-50(45)60/h26,28,31,34-35,37,40-43,46-48,51H,14-25,27,29-30,32-33H2,1-13H3,(H2,56,57,58)/t37-,40+,41+,42-,43+,46+,47+,48-,51+,55-/m0/s1. The molecule has 2 saturated carbocycles. The summed E-state index contributed by atoms with van der Waals surface area (Å²) in [6, 6.07) is 7.18. The largest absolute Gasteiger partial charge is 0.543 e. The van der Waals surface area contributed by atoms with E-state index in [2.05, 4.69) is 108 Å². The summed E-state index contributed by atoms with van der Waals surface area (Å²) in [6.45, 7) is 30.4. The van der Waals surface area contributed by atoms with Gasteiger partial charge in [0.25, 0.3) is 0 Å². The lowest BCUT2D eigenvalue weighted by Gasteiger charge is -2.52. The van der Waals surface area contributed by atoms with Gasteiger partial charge in [-0.3, -0.25) is 9.36 Å². The molecule has 0 spiro atoms. The maximum absolute atomic E-state index is 12.9. The third-order valence-corrected chi connectivity index (χ3v) is 27.1. The number of carbonyl (C=O) groups is 1. The monoisotopic (exact) mass is 988 g/mol. The minimum absolute atomic E-state index is 0.0932. The zero-order valence-electron chi connectivity index (χ0n) is 44.8. The van der Waals surface area contributed by atoms with E-state index in [1.165, 1.54) is 83.4 Å². The Balaban J connectivity index is 0.756. The summed E-state index contributed by atoms with van der Waals surface area (Å²) in [7, 11) is -3.85. The van der Waals surface area contributed by atoms with Crippen LogP contribution in [0.2, 0.25) is 36.3 Å². The number of fused-ring (bicyclic) bond motifs is 7. The number of esters is 1. The Morgan fingerprint density at radius 1 is 0.855 bits per heavy atom. The number of benzene rings is 1. The molecular weight excluding hydrogens is 899 g/mol. The van der Waals surface area contributed by atoms with E-state index < -0.39 is 47.0 Å². The fourth-order valence-corrected chi connectivity index (χ4v) is 14.9. The molecule has 2 saturated heterocycles. The zero-order chi connectivity index (χ0) is 49.7. The van der Waals surface area contributed by atoms with Crippen molar-refractivity contribution in [3.8, 4) is 5.75 Å². The predicted octanol–water partition coefficient (Wildman–Crippen LogP) is 13.2. The van der Waals surface area contributed by atoms with Crippen molar-refractivity contribution in [3.63, 3.8) is 0 Å². The first-order valence-electron chi connectivity index (χ1n) is 27.0. The molecule has 1 aromatic carbocycles. The van der Waals surface area contributed by atoms with Gasteiger partial charge in [-0.05, 0) is 147 Å². The van der Waals surface area contributed by atoms with Crippen LogP contribution in [0.25, 0.3) is 11.2 Å². The third kappa shape index (κ3) is 11.1. The Hall–Kier alpha value is -2.89. The zero-order valence-corrected chi connectivity index (χ0v) is 46.8. The molecule has 14 heteroatoms. The average molecular weight is 989 g/mol. The molecule has 4 heterocycles. The summed E-state index contributed by atoms with van der Waals surface area (Å²) < 4.78 is 40.8. The smallest absolute Gasteiger partial charge is 0.305 e.